The third-order valence-electron chi connectivity index (χ3n) is 3.06. The third-order valence-corrected chi connectivity index (χ3v) is 3.06. The topological polar surface area (TPSA) is 93.4 Å². The zero-order chi connectivity index (χ0) is 12.3. The Balaban J connectivity index is 2.66. The van der Waals surface area contributed by atoms with Gasteiger partial charge in [-0.25, -0.2) is 0 Å². The van der Waals surface area contributed by atoms with E-state index in [1.54, 1.807) is 4.90 Å². The van der Waals surface area contributed by atoms with Crippen LogP contribution < -0.4 is 0 Å². The number of likely N-dealkylation sites (N-methyl/N-ethyl adjacent to an activating group) is 1. The van der Waals surface area contributed by atoms with Crippen molar-refractivity contribution >= 4 is 0 Å². The Morgan fingerprint density at radius 3 is 2.12 bits per heavy atom. The van der Waals surface area contributed by atoms with E-state index in [2.05, 4.69) is 0 Å². The van der Waals surface area contributed by atoms with Crippen LogP contribution >= 0.6 is 0 Å². The average molecular weight is 235 g/mol. The number of hydrogen-bond donors (Lipinski definition) is 4. The van der Waals surface area contributed by atoms with Gasteiger partial charge in [-0.3, -0.25) is 4.90 Å². The molecular weight excluding hydrogens is 214 g/mol. The molecule has 6 nitrogen and oxygen atoms in total. The molecule has 1 heterocycles. The molecule has 0 aromatic carbocycles. The summed E-state index contributed by atoms with van der Waals surface area (Å²) in [6.07, 6.45) is -5.01. The van der Waals surface area contributed by atoms with E-state index >= 15 is 0 Å². The molecule has 1 rings (SSSR count). The van der Waals surface area contributed by atoms with Gasteiger partial charge in [0.15, 0.2) is 0 Å². The highest BCUT2D eigenvalue weighted by atomic mass is 16.6. The van der Waals surface area contributed by atoms with Crippen molar-refractivity contribution in [1.82, 2.24) is 4.90 Å². The summed E-state index contributed by atoms with van der Waals surface area (Å²) in [6.45, 7) is 4.62. The van der Waals surface area contributed by atoms with Crippen LogP contribution in [-0.2, 0) is 4.74 Å². The second kappa shape index (κ2) is 5.90. The molecule has 0 aromatic rings. The van der Waals surface area contributed by atoms with Gasteiger partial charge >= 0.3 is 0 Å². The Kier molecular flexibility index (Phi) is 5.10. The standard InChI is InChI=1S/C10H21NO5/c1-3-11(4-2)10(15)9-8(14)7(13)6(5-12)16-9/h6-10,12-15H,3-5H2,1-2H3/t6-,7-,8+,9-,10?/m1/s1. The Hall–Kier alpha value is -0.240. The molecule has 96 valence electrons. The minimum atomic E-state index is -1.17. The highest BCUT2D eigenvalue weighted by Crippen LogP contribution is 2.24. The lowest BCUT2D eigenvalue weighted by atomic mass is 10.1. The molecule has 0 radical (unpaired) electrons. The maximum Gasteiger partial charge on any atom is 0.136 e. The lowest BCUT2D eigenvalue weighted by molar-refractivity contribution is -0.131. The van der Waals surface area contributed by atoms with E-state index in [0.29, 0.717) is 13.1 Å². The Labute approximate surface area is 95.1 Å². The predicted octanol–water partition coefficient (Wildman–Crippen LogP) is -1.87. The Morgan fingerprint density at radius 1 is 1.19 bits per heavy atom. The minimum Gasteiger partial charge on any atom is -0.394 e. The fraction of sp³-hybridized carbons (Fsp3) is 1.00. The van der Waals surface area contributed by atoms with Crippen molar-refractivity contribution in [2.75, 3.05) is 19.7 Å². The Morgan fingerprint density at radius 2 is 1.75 bits per heavy atom. The van der Waals surface area contributed by atoms with Crippen LogP contribution in [0.15, 0.2) is 0 Å². The van der Waals surface area contributed by atoms with Crippen molar-refractivity contribution in [3.05, 3.63) is 0 Å². The monoisotopic (exact) mass is 235 g/mol. The zero-order valence-electron chi connectivity index (χ0n) is 9.65. The van der Waals surface area contributed by atoms with E-state index in [9.17, 15) is 15.3 Å². The minimum absolute atomic E-state index is 0.375. The largest absolute Gasteiger partial charge is 0.394 e. The van der Waals surface area contributed by atoms with Gasteiger partial charge in [0.1, 0.15) is 30.6 Å². The number of hydrogen-bond acceptors (Lipinski definition) is 6. The molecule has 4 N–H and O–H groups in total. The van der Waals surface area contributed by atoms with Gasteiger partial charge in [-0.15, -0.1) is 0 Å². The van der Waals surface area contributed by atoms with Gasteiger partial charge in [-0.05, 0) is 13.1 Å². The molecule has 0 spiro atoms. The highest BCUT2D eigenvalue weighted by molar-refractivity contribution is 4.93. The molecule has 0 bridgehead atoms. The predicted molar refractivity (Wildman–Crippen MR) is 56.7 cm³/mol. The normalized spacial score (nSPS) is 36.9. The van der Waals surface area contributed by atoms with Crippen LogP contribution in [0.2, 0.25) is 0 Å². The van der Waals surface area contributed by atoms with Gasteiger partial charge in [0.2, 0.25) is 0 Å². The van der Waals surface area contributed by atoms with E-state index in [1.807, 2.05) is 13.8 Å². The van der Waals surface area contributed by atoms with Gasteiger partial charge in [0, 0.05) is 0 Å². The van der Waals surface area contributed by atoms with E-state index in [0.717, 1.165) is 0 Å². The molecule has 1 aliphatic heterocycles. The lowest BCUT2D eigenvalue weighted by Crippen LogP contribution is -2.48. The SMILES string of the molecule is CCN(CC)C(O)[C@@H]1O[C@H](CO)[C@@H](O)[C@@H]1O. The van der Waals surface area contributed by atoms with Crippen molar-refractivity contribution in [3.63, 3.8) is 0 Å². The zero-order valence-corrected chi connectivity index (χ0v) is 9.65. The molecule has 1 unspecified atom stereocenters. The lowest BCUT2D eigenvalue weighted by Gasteiger charge is -2.30. The molecule has 0 aliphatic carbocycles. The van der Waals surface area contributed by atoms with E-state index in [1.165, 1.54) is 0 Å². The second-order valence-electron chi connectivity index (χ2n) is 3.94. The van der Waals surface area contributed by atoms with Gasteiger partial charge in [-0.2, -0.15) is 0 Å². The summed E-state index contributed by atoms with van der Waals surface area (Å²) in [5.41, 5.74) is 0. The smallest absolute Gasteiger partial charge is 0.136 e. The van der Waals surface area contributed by atoms with Crippen molar-refractivity contribution in [2.24, 2.45) is 0 Å². The second-order valence-corrected chi connectivity index (χ2v) is 3.94. The fourth-order valence-corrected chi connectivity index (χ4v) is 1.98. The number of rotatable bonds is 5. The van der Waals surface area contributed by atoms with Crippen LogP contribution in [0.1, 0.15) is 13.8 Å². The molecule has 6 heteroatoms. The molecule has 1 fully saturated rings. The number of aliphatic hydroxyl groups excluding tert-OH is 4. The van der Waals surface area contributed by atoms with Gasteiger partial charge in [0.25, 0.3) is 0 Å². The summed E-state index contributed by atoms with van der Waals surface area (Å²) in [4.78, 5) is 1.71. The number of aliphatic hydroxyl groups is 4. The molecule has 0 aromatic heterocycles. The molecule has 1 saturated heterocycles. The summed E-state index contributed by atoms with van der Waals surface area (Å²) >= 11 is 0. The quantitative estimate of drug-likeness (QED) is 0.417. The number of ether oxygens (including phenoxy) is 1. The van der Waals surface area contributed by atoms with E-state index in [4.69, 9.17) is 9.84 Å². The summed E-state index contributed by atoms with van der Waals surface area (Å²) in [5.74, 6) is 0. The van der Waals surface area contributed by atoms with Crippen LogP contribution in [0, 0.1) is 0 Å². The fourth-order valence-electron chi connectivity index (χ4n) is 1.98. The van der Waals surface area contributed by atoms with E-state index < -0.39 is 30.6 Å². The Bertz CT molecular complexity index is 211. The maximum atomic E-state index is 9.96. The summed E-state index contributed by atoms with van der Waals surface area (Å²) in [5, 5.41) is 38.1. The molecular formula is C10H21NO5. The first kappa shape index (κ1) is 13.8. The van der Waals surface area contributed by atoms with Crippen molar-refractivity contribution in [2.45, 2.75) is 44.5 Å². The molecule has 0 saturated carbocycles. The molecule has 1 aliphatic rings. The van der Waals surface area contributed by atoms with Crippen molar-refractivity contribution in [1.29, 1.82) is 0 Å². The van der Waals surface area contributed by atoms with Crippen molar-refractivity contribution in [3.8, 4) is 0 Å². The van der Waals surface area contributed by atoms with Crippen LogP contribution in [0.25, 0.3) is 0 Å². The molecule has 0 amide bonds. The third kappa shape index (κ3) is 2.53. The van der Waals surface area contributed by atoms with Crippen LogP contribution in [0.3, 0.4) is 0 Å². The van der Waals surface area contributed by atoms with Gasteiger partial charge in [0.05, 0.1) is 6.61 Å². The summed E-state index contributed by atoms with van der Waals surface area (Å²) in [6, 6.07) is 0. The van der Waals surface area contributed by atoms with Gasteiger partial charge in [-0.1, -0.05) is 13.8 Å². The molecule has 5 atom stereocenters. The van der Waals surface area contributed by atoms with Crippen molar-refractivity contribution < 1.29 is 25.2 Å². The maximum absolute atomic E-state index is 9.96. The van der Waals surface area contributed by atoms with Crippen LogP contribution in [-0.4, -0.2) is 75.7 Å². The van der Waals surface area contributed by atoms with Crippen LogP contribution in [0.4, 0.5) is 0 Å². The first-order valence-corrected chi connectivity index (χ1v) is 5.61. The first-order valence-electron chi connectivity index (χ1n) is 5.61. The molecule has 16 heavy (non-hydrogen) atoms. The van der Waals surface area contributed by atoms with E-state index in [-0.39, 0.29) is 6.61 Å². The number of nitrogens with zero attached hydrogens (tertiary/aromatic N) is 1. The highest BCUT2D eigenvalue weighted by Gasteiger charge is 2.46. The average Bonchev–Trinajstić information content (AvgIpc) is 2.57. The summed E-state index contributed by atoms with van der Waals surface area (Å²) in [7, 11) is 0. The summed E-state index contributed by atoms with van der Waals surface area (Å²) < 4.78 is 5.24. The van der Waals surface area contributed by atoms with Crippen LogP contribution in [0.5, 0.6) is 0 Å². The first-order chi connectivity index (χ1) is 7.56. The van der Waals surface area contributed by atoms with Gasteiger partial charge < -0.3 is 25.2 Å².